The van der Waals surface area contributed by atoms with Crippen LogP contribution in [-0.4, -0.2) is 10.1 Å². The van der Waals surface area contributed by atoms with E-state index in [9.17, 15) is 4.79 Å². The van der Waals surface area contributed by atoms with Gasteiger partial charge in [0.05, 0.1) is 0 Å². The normalized spacial score (nSPS) is 10.4. The van der Waals surface area contributed by atoms with Crippen molar-refractivity contribution in [2.45, 2.75) is 11.8 Å². The lowest BCUT2D eigenvalue weighted by atomic mass is 10.2. The van der Waals surface area contributed by atoms with E-state index in [0.29, 0.717) is 0 Å². The van der Waals surface area contributed by atoms with Gasteiger partial charge in [0.25, 0.3) is 0 Å². The predicted molar refractivity (Wildman–Crippen MR) is 58.3 cm³/mol. The zero-order valence-electron chi connectivity index (χ0n) is 7.73. The molecule has 2 aromatic rings. The molecule has 3 heteroatoms. The van der Waals surface area contributed by atoms with E-state index in [0.717, 1.165) is 15.7 Å². The van der Waals surface area contributed by atoms with Gasteiger partial charge in [-0.15, -0.1) is 0 Å². The Morgan fingerprint density at radius 2 is 2.14 bits per heavy atom. The van der Waals surface area contributed by atoms with Crippen LogP contribution in [0.25, 0.3) is 10.8 Å². The molecule has 1 aromatic carbocycles. The van der Waals surface area contributed by atoms with Crippen LogP contribution in [0.2, 0.25) is 0 Å². The van der Waals surface area contributed by atoms with Crippen molar-refractivity contribution in [2.75, 3.05) is 0 Å². The zero-order valence-corrected chi connectivity index (χ0v) is 8.54. The Bertz CT molecular complexity index is 481. The fourth-order valence-electron chi connectivity index (χ4n) is 1.29. The molecule has 0 unspecified atom stereocenters. The number of hydrogen-bond acceptors (Lipinski definition) is 3. The molecule has 70 valence electrons. The third-order valence-corrected chi connectivity index (χ3v) is 2.65. The summed E-state index contributed by atoms with van der Waals surface area (Å²) < 4.78 is 0. The van der Waals surface area contributed by atoms with E-state index in [-0.39, 0.29) is 5.12 Å². The molecule has 2 nitrogen and oxygen atoms in total. The fourth-order valence-corrected chi connectivity index (χ4v) is 1.95. The first kappa shape index (κ1) is 9.21. The number of benzene rings is 1. The molecule has 0 amide bonds. The summed E-state index contributed by atoms with van der Waals surface area (Å²) in [6, 6.07) is 7.89. The number of carbonyl (C=O) groups excluding carboxylic acids is 1. The predicted octanol–water partition coefficient (Wildman–Crippen LogP) is 2.87. The van der Waals surface area contributed by atoms with Crippen LogP contribution in [-0.2, 0) is 4.79 Å². The molecule has 0 aliphatic carbocycles. The average Bonchev–Trinajstić information content (AvgIpc) is 2.17. The Kier molecular flexibility index (Phi) is 2.50. The number of thioether (sulfide) groups is 1. The highest BCUT2D eigenvalue weighted by molar-refractivity contribution is 8.13. The third kappa shape index (κ3) is 1.93. The fraction of sp³-hybridized carbons (Fsp3) is 0.0909. The average molecular weight is 203 g/mol. The standard InChI is InChI=1S/C11H9NOS/c1-8(13)14-11-3-2-9-4-5-12-7-10(9)6-11/h2-7H,1H3. The van der Waals surface area contributed by atoms with Gasteiger partial charge in [0.1, 0.15) is 0 Å². The van der Waals surface area contributed by atoms with E-state index in [1.807, 2.05) is 24.3 Å². The Morgan fingerprint density at radius 1 is 1.29 bits per heavy atom. The van der Waals surface area contributed by atoms with Crippen LogP contribution in [0.15, 0.2) is 41.6 Å². The van der Waals surface area contributed by atoms with Crippen molar-refractivity contribution in [3.63, 3.8) is 0 Å². The lowest BCUT2D eigenvalue weighted by Gasteiger charge is -1.99. The van der Waals surface area contributed by atoms with Gasteiger partial charge in [0, 0.05) is 29.6 Å². The Balaban J connectivity index is 2.46. The highest BCUT2D eigenvalue weighted by Crippen LogP contribution is 2.23. The van der Waals surface area contributed by atoms with Gasteiger partial charge >= 0.3 is 0 Å². The van der Waals surface area contributed by atoms with Crippen LogP contribution in [0.1, 0.15) is 6.92 Å². The Labute approximate surface area is 86.3 Å². The van der Waals surface area contributed by atoms with E-state index < -0.39 is 0 Å². The quantitative estimate of drug-likeness (QED) is 0.667. The minimum Gasteiger partial charge on any atom is -0.287 e. The summed E-state index contributed by atoms with van der Waals surface area (Å²) in [6.07, 6.45) is 3.57. The number of pyridine rings is 1. The molecule has 2 rings (SSSR count). The molecular formula is C11H9NOS. The van der Waals surface area contributed by atoms with E-state index in [2.05, 4.69) is 4.98 Å². The summed E-state index contributed by atoms with van der Waals surface area (Å²) in [6.45, 7) is 1.57. The molecule has 0 aliphatic rings. The van der Waals surface area contributed by atoms with Crippen molar-refractivity contribution < 1.29 is 4.79 Å². The van der Waals surface area contributed by atoms with E-state index >= 15 is 0 Å². The van der Waals surface area contributed by atoms with Crippen LogP contribution in [0.3, 0.4) is 0 Å². The van der Waals surface area contributed by atoms with Crippen LogP contribution < -0.4 is 0 Å². The third-order valence-electron chi connectivity index (χ3n) is 1.87. The largest absolute Gasteiger partial charge is 0.287 e. The van der Waals surface area contributed by atoms with Gasteiger partial charge in [-0.05, 0) is 23.6 Å². The van der Waals surface area contributed by atoms with Crippen molar-refractivity contribution in [2.24, 2.45) is 0 Å². The van der Waals surface area contributed by atoms with Crippen LogP contribution in [0.5, 0.6) is 0 Å². The number of hydrogen-bond donors (Lipinski definition) is 0. The molecule has 0 aliphatic heterocycles. The van der Waals surface area contributed by atoms with Gasteiger partial charge in [-0.2, -0.15) is 0 Å². The van der Waals surface area contributed by atoms with Crippen LogP contribution in [0, 0.1) is 0 Å². The highest BCUT2D eigenvalue weighted by Gasteiger charge is 1.99. The zero-order chi connectivity index (χ0) is 9.97. The molecule has 0 spiro atoms. The molecule has 0 saturated carbocycles. The van der Waals surface area contributed by atoms with Gasteiger partial charge in [0.15, 0.2) is 5.12 Å². The summed E-state index contributed by atoms with van der Waals surface area (Å²) in [7, 11) is 0. The molecule has 0 saturated heterocycles. The number of carbonyl (C=O) groups is 1. The molecule has 0 N–H and O–H groups in total. The summed E-state index contributed by atoms with van der Waals surface area (Å²) >= 11 is 1.25. The lowest BCUT2D eigenvalue weighted by Crippen LogP contribution is -1.82. The second-order valence-corrected chi connectivity index (χ2v) is 4.23. The van der Waals surface area contributed by atoms with E-state index in [1.165, 1.54) is 11.8 Å². The molecule has 0 radical (unpaired) electrons. The van der Waals surface area contributed by atoms with Gasteiger partial charge in [-0.25, -0.2) is 0 Å². The molecule has 0 bridgehead atoms. The SMILES string of the molecule is CC(=O)Sc1ccc2ccncc2c1. The van der Waals surface area contributed by atoms with Gasteiger partial charge in [-0.1, -0.05) is 17.8 Å². The van der Waals surface area contributed by atoms with E-state index in [1.54, 1.807) is 19.3 Å². The Hall–Kier alpha value is -1.35. The first-order valence-corrected chi connectivity index (χ1v) is 5.09. The van der Waals surface area contributed by atoms with Crippen LogP contribution in [0.4, 0.5) is 0 Å². The first-order valence-electron chi connectivity index (χ1n) is 4.28. The van der Waals surface area contributed by atoms with Crippen LogP contribution >= 0.6 is 11.8 Å². The molecular weight excluding hydrogens is 194 g/mol. The first-order chi connectivity index (χ1) is 6.75. The van der Waals surface area contributed by atoms with Gasteiger partial charge in [-0.3, -0.25) is 9.78 Å². The maximum Gasteiger partial charge on any atom is 0.190 e. The van der Waals surface area contributed by atoms with Crippen molar-refractivity contribution in [1.82, 2.24) is 4.98 Å². The minimum absolute atomic E-state index is 0.105. The van der Waals surface area contributed by atoms with Gasteiger partial charge in [0.2, 0.25) is 0 Å². The summed E-state index contributed by atoms with van der Waals surface area (Å²) in [4.78, 5) is 15.9. The Morgan fingerprint density at radius 3 is 2.93 bits per heavy atom. The monoisotopic (exact) mass is 203 g/mol. The second kappa shape index (κ2) is 3.80. The van der Waals surface area contributed by atoms with Crippen molar-refractivity contribution in [1.29, 1.82) is 0 Å². The summed E-state index contributed by atoms with van der Waals surface area (Å²) in [5, 5.41) is 2.32. The summed E-state index contributed by atoms with van der Waals surface area (Å²) in [5.74, 6) is 0. The lowest BCUT2D eigenvalue weighted by molar-refractivity contribution is -0.109. The molecule has 1 heterocycles. The number of fused-ring (bicyclic) bond motifs is 1. The second-order valence-electron chi connectivity index (χ2n) is 2.98. The van der Waals surface area contributed by atoms with Crippen molar-refractivity contribution >= 4 is 27.6 Å². The van der Waals surface area contributed by atoms with Gasteiger partial charge < -0.3 is 0 Å². The molecule has 1 aromatic heterocycles. The topological polar surface area (TPSA) is 30.0 Å². The summed E-state index contributed by atoms with van der Waals surface area (Å²) in [5.41, 5.74) is 0. The highest BCUT2D eigenvalue weighted by atomic mass is 32.2. The van der Waals surface area contributed by atoms with Crippen molar-refractivity contribution in [3.8, 4) is 0 Å². The minimum atomic E-state index is 0.105. The maximum atomic E-state index is 10.9. The maximum absolute atomic E-state index is 10.9. The number of aromatic nitrogens is 1. The smallest absolute Gasteiger partial charge is 0.190 e. The number of rotatable bonds is 1. The van der Waals surface area contributed by atoms with E-state index in [4.69, 9.17) is 0 Å². The molecule has 14 heavy (non-hydrogen) atoms. The molecule has 0 fully saturated rings. The number of nitrogens with zero attached hydrogens (tertiary/aromatic N) is 1. The molecule has 0 atom stereocenters. The van der Waals surface area contributed by atoms with Crippen molar-refractivity contribution in [3.05, 3.63) is 36.7 Å².